The molecule has 1 heterocycles. The molecule has 1 nitrogen and oxygen atoms in total. The lowest BCUT2D eigenvalue weighted by Crippen LogP contribution is -2.20. The van der Waals surface area contributed by atoms with Crippen LogP contribution in [0.4, 0.5) is 14.5 Å². The fourth-order valence-electron chi connectivity index (χ4n) is 2.08. The molecule has 0 saturated carbocycles. The molecule has 0 aromatic heterocycles. The third-order valence-corrected chi connectivity index (χ3v) is 3.61. The first-order valence-corrected chi connectivity index (χ1v) is 5.76. The van der Waals surface area contributed by atoms with Gasteiger partial charge in [-0.25, -0.2) is 8.78 Å². The first kappa shape index (κ1) is 11.6. The van der Waals surface area contributed by atoms with Gasteiger partial charge in [-0.1, -0.05) is 25.4 Å². The second-order valence-electron chi connectivity index (χ2n) is 4.58. The molecule has 1 aromatic carbocycles. The van der Waals surface area contributed by atoms with Gasteiger partial charge in [0.25, 0.3) is 0 Å². The predicted molar refractivity (Wildman–Crippen MR) is 61.9 cm³/mol. The third-order valence-electron chi connectivity index (χ3n) is 3.32. The Morgan fingerprint density at radius 2 is 1.69 bits per heavy atom. The second-order valence-corrected chi connectivity index (χ2v) is 4.98. The molecule has 0 radical (unpaired) electrons. The fourth-order valence-corrected chi connectivity index (χ4v) is 2.24. The Balaban J connectivity index is 2.31. The van der Waals surface area contributed by atoms with Gasteiger partial charge in [-0.15, -0.1) is 0 Å². The van der Waals surface area contributed by atoms with Crippen molar-refractivity contribution in [1.29, 1.82) is 0 Å². The predicted octanol–water partition coefficient (Wildman–Crippen LogP) is 3.71. The summed E-state index contributed by atoms with van der Waals surface area (Å²) in [7, 11) is 0. The molecular formula is C12H14ClF2N. The first-order valence-electron chi connectivity index (χ1n) is 5.38. The zero-order chi connectivity index (χ0) is 11.9. The van der Waals surface area contributed by atoms with E-state index < -0.39 is 11.6 Å². The van der Waals surface area contributed by atoms with Crippen LogP contribution in [0.5, 0.6) is 0 Å². The van der Waals surface area contributed by atoms with Gasteiger partial charge < -0.3 is 4.90 Å². The Hall–Kier alpha value is -0.830. The maximum absolute atomic E-state index is 13.6. The maximum Gasteiger partial charge on any atom is 0.149 e. The summed E-state index contributed by atoms with van der Waals surface area (Å²) in [6, 6.07) is 2.22. The van der Waals surface area contributed by atoms with Crippen LogP contribution in [0.3, 0.4) is 0 Å². The number of hydrogen-bond donors (Lipinski definition) is 0. The van der Waals surface area contributed by atoms with Crippen molar-refractivity contribution >= 4 is 17.3 Å². The average molecular weight is 246 g/mol. The van der Waals surface area contributed by atoms with Gasteiger partial charge in [-0.05, 0) is 17.9 Å². The summed E-state index contributed by atoms with van der Waals surface area (Å²) in [6.45, 7) is 5.85. The van der Waals surface area contributed by atoms with Crippen molar-refractivity contribution in [2.75, 3.05) is 18.0 Å². The number of rotatable bonds is 1. The quantitative estimate of drug-likeness (QED) is 0.682. The van der Waals surface area contributed by atoms with Crippen molar-refractivity contribution in [3.05, 3.63) is 28.8 Å². The smallest absolute Gasteiger partial charge is 0.149 e. The molecule has 0 aliphatic carbocycles. The second kappa shape index (κ2) is 4.21. The van der Waals surface area contributed by atoms with Crippen LogP contribution in [0.1, 0.15) is 13.8 Å². The van der Waals surface area contributed by atoms with E-state index in [1.54, 1.807) is 0 Å². The lowest BCUT2D eigenvalue weighted by molar-refractivity contribution is 0.494. The minimum absolute atomic E-state index is 0.0244. The standard InChI is InChI=1S/C12H14ClF2N/c1-7-5-16(6-8(7)2)12-3-9(13)10(14)4-11(12)15/h3-4,7-8H,5-6H2,1-2H3. The minimum Gasteiger partial charge on any atom is -0.369 e. The lowest BCUT2D eigenvalue weighted by atomic mass is 10.0. The Morgan fingerprint density at radius 1 is 1.12 bits per heavy atom. The van der Waals surface area contributed by atoms with Crippen LogP contribution in [-0.4, -0.2) is 13.1 Å². The lowest BCUT2D eigenvalue weighted by Gasteiger charge is -2.19. The Morgan fingerprint density at radius 3 is 2.25 bits per heavy atom. The van der Waals surface area contributed by atoms with Crippen molar-refractivity contribution in [2.24, 2.45) is 11.8 Å². The van der Waals surface area contributed by atoms with Gasteiger partial charge in [0.1, 0.15) is 11.6 Å². The van der Waals surface area contributed by atoms with E-state index in [2.05, 4.69) is 13.8 Å². The summed E-state index contributed by atoms with van der Waals surface area (Å²) in [4.78, 5) is 1.93. The molecule has 1 fully saturated rings. The summed E-state index contributed by atoms with van der Waals surface area (Å²) >= 11 is 5.67. The van der Waals surface area contributed by atoms with Crippen molar-refractivity contribution < 1.29 is 8.78 Å². The fraction of sp³-hybridized carbons (Fsp3) is 0.500. The highest BCUT2D eigenvalue weighted by molar-refractivity contribution is 6.31. The van der Waals surface area contributed by atoms with Gasteiger partial charge in [0.2, 0.25) is 0 Å². The summed E-state index contributed by atoms with van der Waals surface area (Å²) < 4.78 is 26.6. The molecule has 2 unspecified atom stereocenters. The zero-order valence-electron chi connectivity index (χ0n) is 9.30. The summed E-state index contributed by atoms with van der Waals surface area (Å²) in [5.41, 5.74) is 0.405. The van der Waals surface area contributed by atoms with Gasteiger partial charge in [0.05, 0.1) is 10.7 Å². The van der Waals surface area contributed by atoms with Crippen LogP contribution >= 0.6 is 11.6 Å². The van der Waals surface area contributed by atoms with Crippen LogP contribution in [0.25, 0.3) is 0 Å². The number of hydrogen-bond acceptors (Lipinski definition) is 1. The third kappa shape index (κ3) is 2.01. The van der Waals surface area contributed by atoms with Gasteiger partial charge in [-0.2, -0.15) is 0 Å². The summed E-state index contributed by atoms with van der Waals surface area (Å²) in [6.07, 6.45) is 0. The Bertz CT molecular complexity index is 398. The Labute approximate surface area is 99.0 Å². The molecule has 4 heteroatoms. The number of benzene rings is 1. The molecule has 0 amide bonds. The Kier molecular flexibility index (Phi) is 3.06. The van der Waals surface area contributed by atoms with Crippen molar-refractivity contribution in [1.82, 2.24) is 0 Å². The van der Waals surface area contributed by atoms with Crippen LogP contribution < -0.4 is 4.90 Å². The van der Waals surface area contributed by atoms with E-state index in [4.69, 9.17) is 11.6 Å². The molecule has 0 bridgehead atoms. The van der Waals surface area contributed by atoms with E-state index in [0.717, 1.165) is 19.2 Å². The van der Waals surface area contributed by atoms with Crippen LogP contribution in [0.2, 0.25) is 5.02 Å². The summed E-state index contributed by atoms with van der Waals surface area (Å²) in [5, 5.41) is -0.0244. The molecule has 1 saturated heterocycles. The highest BCUT2D eigenvalue weighted by atomic mass is 35.5. The molecule has 2 rings (SSSR count). The molecule has 16 heavy (non-hydrogen) atoms. The van der Waals surface area contributed by atoms with Crippen LogP contribution in [0.15, 0.2) is 12.1 Å². The monoisotopic (exact) mass is 245 g/mol. The van der Waals surface area contributed by atoms with Crippen LogP contribution in [-0.2, 0) is 0 Å². The largest absolute Gasteiger partial charge is 0.369 e. The van der Waals surface area contributed by atoms with E-state index >= 15 is 0 Å². The molecule has 2 atom stereocenters. The highest BCUT2D eigenvalue weighted by Gasteiger charge is 2.28. The number of halogens is 3. The minimum atomic E-state index is -0.705. The SMILES string of the molecule is CC1CN(c2cc(Cl)c(F)cc2F)CC1C. The van der Waals surface area contributed by atoms with Gasteiger partial charge in [0, 0.05) is 19.2 Å². The van der Waals surface area contributed by atoms with Crippen LogP contribution in [0, 0.1) is 23.5 Å². The average Bonchev–Trinajstić information content (AvgIpc) is 2.53. The zero-order valence-corrected chi connectivity index (χ0v) is 10.1. The number of anilines is 1. The molecule has 1 aliphatic rings. The number of nitrogens with zero attached hydrogens (tertiary/aromatic N) is 1. The van der Waals surface area contributed by atoms with Crippen molar-refractivity contribution in [3.8, 4) is 0 Å². The highest BCUT2D eigenvalue weighted by Crippen LogP contribution is 2.32. The molecule has 1 aromatic rings. The van der Waals surface area contributed by atoms with E-state index in [1.165, 1.54) is 6.07 Å². The molecule has 0 spiro atoms. The first-order chi connectivity index (χ1) is 7.49. The van der Waals surface area contributed by atoms with Gasteiger partial charge in [0.15, 0.2) is 0 Å². The summed E-state index contributed by atoms with van der Waals surface area (Å²) in [5.74, 6) is -0.210. The van der Waals surface area contributed by atoms with Gasteiger partial charge in [-0.3, -0.25) is 0 Å². The molecule has 88 valence electrons. The van der Waals surface area contributed by atoms with E-state index in [1.807, 2.05) is 4.90 Å². The normalized spacial score (nSPS) is 25.2. The molecule has 1 aliphatic heterocycles. The van der Waals surface area contributed by atoms with Gasteiger partial charge >= 0.3 is 0 Å². The maximum atomic E-state index is 13.6. The van der Waals surface area contributed by atoms with E-state index in [0.29, 0.717) is 17.5 Å². The van der Waals surface area contributed by atoms with E-state index in [9.17, 15) is 8.78 Å². The van der Waals surface area contributed by atoms with Crippen molar-refractivity contribution in [2.45, 2.75) is 13.8 Å². The molecular weight excluding hydrogens is 232 g/mol. The molecule has 0 N–H and O–H groups in total. The topological polar surface area (TPSA) is 3.24 Å². The van der Waals surface area contributed by atoms with Crippen molar-refractivity contribution in [3.63, 3.8) is 0 Å². The van der Waals surface area contributed by atoms with E-state index in [-0.39, 0.29) is 5.02 Å².